The van der Waals surface area contributed by atoms with Crippen LogP contribution in [-0.2, 0) is 9.59 Å². The molecule has 18 heavy (non-hydrogen) atoms. The lowest BCUT2D eigenvalue weighted by Crippen LogP contribution is -2.38. The standard InChI is InChI=1S/C14H28N2O2/c1-11(2)6-8-16(13(5)17)9-7-15-14(18)10-12(3)4/h11-12H,6-10H2,1-5H3,(H,15,18). The van der Waals surface area contributed by atoms with E-state index in [9.17, 15) is 9.59 Å². The highest BCUT2D eigenvalue weighted by Crippen LogP contribution is 2.02. The summed E-state index contributed by atoms with van der Waals surface area (Å²) in [5.74, 6) is 1.10. The van der Waals surface area contributed by atoms with Gasteiger partial charge in [-0.25, -0.2) is 0 Å². The van der Waals surface area contributed by atoms with Crippen molar-refractivity contribution in [3.8, 4) is 0 Å². The lowest BCUT2D eigenvalue weighted by molar-refractivity contribution is -0.129. The van der Waals surface area contributed by atoms with Gasteiger partial charge in [-0.05, 0) is 18.3 Å². The van der Waals surface area contributed by atoms with E-state index < -0.39 is 0 Å². The van der Waals surface area contributed by atoms with Crippen molar-refractivity contribution >= 4 is 11.8 Å². The zero-order valence-corrected chi connectivity index (χ0v) is 12.5. The first-order chi connectivity index (χ1) is 8.32. The molecule has 0 unspecified atom stereocenters. The number of carbonyl (C=O) groups excluding carboxylic acids is 2. The molecule has 0 radical (unpaired) electrons. The molecule has 4 nitrogen and oxygen atoms in total. The largest absolute Gasteiger partial charge is 0.354 e. The van der Waals surface area contributed by atoms with Gasteiger partial charge in [-0.2, -0.15) is 0 Å². The first-order valence-electron chi connectivity index (χ1n) is 6.85. The average Bonchev–Trinajstić information content (AvgIpc) is 2.20. The first-order valence-corrected chi connectivity index (χ1v) is 6.85. The predicted molar refractivity (Wildman–Crippen MR) is 74.2 cm³/mol. The summed E-state index contributed by atoms with van der Waals surface area (Å²) in [4.78, 5) is 24.7. The maximum absolute atomic E-state index is 11.5. The van der Waals surface area contributed by atoms with E-state index in [2.05, 4.69) is 19.2 Å². The summed E-state index contributed by atoms with van der Waals surface area (Å²) in [6, 6.07) is 0. The number of carbonyl (C=O) groups is 2. The molecular formula is C14H28N2O2. The lowest BCUT2D eigenvalue weighted by Gasteiger charge is -2.22. The molecule has 4 heteroatoms. The van der Waals surface area contributed by atoms with Crippen LogP contribution in [0, 0.1) is 11.8 Å². The second kappa shape index (κ2) is 8.95. The van der Waals surface area contributed by atoms with E-state index >= 15 is 0 Å². The molecule has 0 heterocycles. The molecule has 0 saturated carbocycles. The van der Waals surface area contributed by atoms with E-state index in [4.69, 9.17) is 0 Å². The smallest absolute Gasteiger partial charge is 0.220 e. The van der Waals surface area contributed by atoms with Crippen molar-refractivity contribution < 1.29 is 9.59 Å². The van der Waals surface area contributed by atoms with Crippen LogP contribution in [0.4, 0.5) is 0 Å². The molecular weight excluding hydrogens is 228 g/mol. The molecule has 106 valence electrons. The van der Waals surface area contributed by atoms with E-state index in [-0.39, 0.29) is 11.8 Å². The van der Waals surface area contributed by atoms with Crippen molar-refractivity contribution in [2.75, 3.05) is 19.6 Å². The van der Waals surface area contributed by atoms with Crippen LogP contribution in [0.2, 0.25) is 0 Å². The average molecular weight is 256 g/mol. The van der Waals surface area contributed by atoms with Gasteiger partial charge >= 0.3 is 0 Å². The highest BCUT2D eigenvalue weighted by molar-refractivity contribution is 5.76. The summed E-state index contributed by atoms with van der Waals surface area (Å²) >= 11 is 0. The number of amides is 2. The van der Waals surface area contributed by atoms with Crippen LogP contribution < -0.4 is 5.32 Å². The molecule has 2 amide bonds. The molecule has 0 aliphatic heterocycles. The minimum absolute atomic E-state index is 0.0670. The molecule has 0 rings (SSSR count). The second-order valence-electron chi connectivity index (χ2n) is 5.64. The molecule has 0 aliphatic rings. The topological polar surface area (TPSA) is 49.4 Å². The molecule has 0 atom stereocenters. The maximum Gasteiger partial charge on any atom is 0.220 e. The van der Waals surface area contributed by atoms with E-state index in [0.29, 0.717) is 31.3 Å². The van der Waals surface area contributed by atoms with E-state index in [1.54, 1.807) is 11.8 Å². The highest BCUT2D eigenvalue weighted by Gasteiger charge is 2.10. The fraction of sp³-hybridized carbons (Fsp3) is 0.857. The highest BCUT2D eigenvalue weighted by atomic mass is 16.2. The maximum atomic E-state index is 11.5. The number of nitrogens with zero attached hydrogens (tertiary/aromatic N) is 1. The van der Waals surface area contributed by atoms with E-state index in [1.165, 1.54) is 0 Å². The van der Waals surface area contributed by atoms with E-state index in [0.717, 1.165) is 13.0 Å². The van der Waals surface area contributed by atoms with Gasteiger partial charge in [0.25, 0.3) is 0 Å². The van der Waals surface area contributed by atoms with Gasteiger partial charge in [-0.15, -0.1) is 0 Å². The Kier molecular flexibility index (Phi) is 8.42. The molecule has 0 fully saturated rings. The third-order valence-corrected chi connectivity index (χ3v) is 2.72. The molecule has 0 aromatic rings. The minimum Gasteiger partial charge on any atom is -0.354 e. The van der Waals surface area contributed by atoms with Gasteiger partial charge < -0.3 is 10.2 Å². The van der Waals surface area contributed by atoms with Crippen LogP contribution in [-0.4, -0.2) is 36.3 Å². The van der Waals surface area contributed by atoms with Gasteiger partial charge in [0.15, 0.2) is 0 Å². The van der Waals surface area contributed by atoms with Crippen LogP contribution in [0.3, 0.4) is 0 Å². The zero-order valence-electron chi connectivity index (χ0n) is 12.5. The van der Waals surface area contributed by atoms with Crippen LogP contribution >= 0.6 is 0 Å². The van der Waals surface area contributed by atoms with E-state index in [1.807, 2.05) is 13.8 Å². The van der Waals surface area contributed by atoms with Crippen LogP contribution in [0.25, 0.3) is 0 Å². The molecule has 0 aromatic heterocycles. The third-order valence-electron chi connectivity index (χ3n) is 2.72. The predicted octanol–water partition coefficient (Wildman–Crippen LogP) is 2.04. The molecule has 1 N–H and O–H groups in total. The normalized spacial score (nSPS) is 10.8. The SMILES string of the molecule is CC(=O)N(CCNC(=O)CC(C)C)CCC(C)C. The first kappa shape index (κ1) is 16.9. The van der Waals surface area contributed by atoms with Gasteiger partial charge in [-0.1, -0.05) is 27.7 Å². The third kappa shape index (κ3) is 9.02. The Bertz CT molecular complexity index is 263. The number of nitrogens with one attached hydrogen (secondary N) is 1. The fourth-order valence-corrected chi connectivity index (χ4v) is 1.61. The monoisotopic (exact) mass is 256 g/mol. The van der Waals surface area contributed by atoms with Crippen molar-refractivity contribution in [3.63, 3.8) is 0 Å². The summed E-state index contributed by atoms with van der Waals surface area (Å²) in [6.07, 6.45) is 1.55. The van der Waals surface area contributed by atoms with Crippen molar-refractivity contribution in [2.24, 2.45) is 11.8 Å². The number of rotatable bonds is 8. The van der Waals surface area contributed by atoms with Gasteiger partial charge in [0.05, 0.1) is 0 Å². The molecule has 0 bridgehead atoms. The Morgan fingerprint density at radius 3 is 2.11 bits per heavy atom. The Morgan fingerprint density at radius 2 is 1.67 bits per heavy atom. The Balaban J connectivity index is 3.90. The number of hydrogen-bond donors (Lipinski definition) is 1. The number of hydrogen-bond acceptors (Lipinski definition) is 2. The summed E-state index contributed by atoms with van der Waals surface area (Å²) in [5.41, 5.74) is 0. The van der Waals surface area contributed by atoms with Crippen molar-refractivity contribution in [1.82, 2.24) is 10.2 Å². The Labute approximate surface area is 111 Å². The Morgan fingerprint density at radius 1 is 1.06 bits per heavy atom. The van der Waals surface area contributed by atoms with Gasteiger partial charge in [0, 0.05) is 33.0 Å². The van der Waals surface area contributed by atoms with Crippen LogP contribution in [0.15, 0.2) is 0 Å². The van der Waals surface area contributed by atoms with Crippen LogP contribution in [0.5, 0.6) is 0 Å². The van der Waals surface area contributed by atoms with Gasteiger partial charge in [0.1, 0.15) is 0 Å². The van der Waals surface area contributed by atoms with Crippen molar-refractivity contribution in [2.45, 2.75) is 47.5 Å². The van der Waals surface area contributed by atoms with Crippen molar-refractivity contribution in [1.29, 1.82) is 0 Å². The quantitative estimate of drug-likeness (QED) is 0.722. The molecule has 0 spiro atoms. The second-order valence-corrected chi connectivity index (χ2v) is 5.64. The zero-order chi connectivity index (χ0) is 14.1. The fourth-order valence-electron chi connectivity index (χ4n) is 1.61. The summed E-state index contributed by atoms with van der Waals surface area (Å²) in [5, 5.41) is 2.85. The lowest BCUT2D eigenvalue weighted by atomic mass is 10.1. The van der Waals surface area contributed by atoms with Gasteiger partial charge in [0.2, 0.25) is 11.8 Å². The summed E-state index contributed by atoms with van der Waals surface area (Å²) in [6.45, 7) is 11.8. The summed E-state index contributed by atoms with van der Waals surface area (Å²) in [7, 11) is 0. The molecule has 0 aromatic carbocycles. The van der Waals surface area contributed by atoms with Crippen LogP contribution in [0.1, 0.15) is 47.5 Å². The Hall–Kier alpha value is -1.06. The van der Waals surface area contributed by atoms with Crippen molar-refractivity contribution in [3.05, 3.63) is 0 Å². The molecule has 0 saturated heterocycles. The summed E-state index contributed by atoms with van der Waals surface area (Å²) < 4.78 is 0. The van der Waals surface area contributed by atoms with Gasteiger partial charge in [-0.3, -0.25) is 9.59 Å². The minimum atomic E-state index is 0.0670. The molecule has 0 aliphatic carbocycles.